The molecule has 0 aliphatic rings. The van der Waals surface area contributed by atoms with Gasteiger partial charge in [0.25, 0.3) is 0 Å². The van der Waals surface area contributed by atoms with Gasteiger partial charge in [0.05, 0.1) is 0 Å². The van der Waals surface area contributed by atoms with Crippen LogP contribution in [0.2, 0.25) is 0 Å². The molecular formula is C12H20N2. The summed E-state index contributed by atoms with van der Waals surface area (Å²) in [5, 5.41) is 0. The highest BCUT2D eigenvalue weighted by Gasteiger charge is 2.22. The lowest BCUT2D eigenvalue weighted by Gasteiger charge is -2.22. The number of unbranched alkanes of at least 4 members (excludes halogenated alkanes) is 2. The molecule has 1 heterocycles. The van der Waals surface area contributed by atoms with Gasteiger partial charge in [-0.05, 0) is 12.5 Å². The van der Waals surface area contributed by atoms with Crippen LogP contribution < -0.4 is 0 Å². The van der Waals surface area contributed by atoms with E-state index in [9.17, 15) is 0 Å². The van der Waals surface area contributed by atoms with Gasteiger partial charge in [0, 0.05) is 17.8 Å². The molecule has 0 aromatic carbocycles. The fourth-order valence-corrected chi connectivity index (χ4v) is 1.58. The number of hydrogen-bond donors (Lipinski definition) is 0. The van der Waals surface area contributed by atoms with Crippen molar-refractivity contribution in [1.82, 2.24) is 9.97 Å². The normalized spacial score (nSPS) is 11.6. The molecule has 1 aromatic heterocycles. The average Bonchev–Trinajstić information content (AvgIpc) is 2.19. The Labute approximate surface area is 86.8 Å². The maximum absolute atomic E-state index is 4.32. The van der Waals surface area contributed by atoms with E-state index in [1.165, 1.54) is 25.7 Å². The Bertz CT molecular complexity index is 254. The molecule has 0 radical (unpaired) electrons. The fourth-order valence-electron chi connectivity index (χ4n) is 1.58. The van der Waals surface area contributed by atoms with Gasteiger partial charge in [0.1, 0.15) is 5.82 Å². The van der Waals surface area contributed by atoms with Gasteiger partial charge in [-0.2, -0.15) is 0 Å². The zero-order chi connectivity index (χ0) is 10.4. The van der Waals surface area contributed by atoms with Crippen LogP contribution in [0.25, 0.3) is 0 Å². The van der Waals surface area contributed by atoms with Gasteiger partial charge >= 0.3 is 0 Å². The Morgan fingerprint density at radius 3 is 2.36 bits per heavy atom. The molecule has 0 saturated carbocycles. The van der Waals surface area contributed by atoms with E-state index < -0.39 is 0 Å². The fraction of sp³-hybridized carbons (Fsp3) is 0.667. The first kappa shape index (κ1) is 11.2. The van der Waals surface area contributed by atoms with Crippen molar-refractivity contribution in [2.75, 3.05) is 0 Å². The molecule has 0 atom stereocenters. The van der Waals surface area contributed by atoms with E-state index in [1.54, 1.807) is 0 Å². The number of hydrogen-bond acceptors (Lipinski definition) is 2. The van der Waals surface area contributed by atoms with Crippen LogP contribution in [0.5, 0.6) is 0 Å². The van der Waals surface area contributed by atoms with Crippen LogP contribution in [-0.4, -0.2) is 9.97 Å². The molecule has 0 amide bonds. The van der Waals surface area contributed by atoms with Crippen molar-refractivity contribution < 1.29 is 0 Å². The maximum Gasteiger partial charge on any atom is 0.133 e. The summed E-state index contributed by atoms with van der Waals surface area (Å²) >= 11 is 0. The molecule has 0 unspecified atom stereocenters. The quantitative estimate of drug-likeness (QED) is 0.669. The molecule has 0 bridgehead atoms. The SMILES string of the molecule is CCCCCC(C)(C)c1ncccn1. The minimum Gasteiger partial charge on any atom is -0.241 e. The van der Waals surface area contributed by atoms with Gasteiger partial charge < -0.3 is 0 Å². The Kier molecular flexibility index (Phi) is 4.05. The maximum atomic E-state index is 4.32. The molecule has 14 heavy (non-hydrogen) atoms. The van der Waals surface area contributed by atoms with Crippen molar-refractivity contribution in [1.29, 1.82) is 0 Å². The van der Waals surface area contributed by atoms with Gasteiger partial charge in [-0.1, -0.05) is 40.0 Å². The smallest absolute Gasteiger partial charge is 0.133 e. The topological polar surface area (TPSA) is 25.8 Å². The lowest BCUT2D eigenvalue weighted by Crippen LogP contribution is -2.20. The Morgan fingerprint density at radius 1 is 1.14 bits per heavy atom. The Hall–Kier alpha value is -0.920. The second kappa shape index (κ2) is 5.08. The molecule has 0 spiro atoms. The van der Waals surface area contributed by atoms with Gasteiger partial charge in [-0.15, -0.1) is 0 Å². The van der Waals surface area contributed by atoms with Gasteiger partial charge in [-0.25, -0.2) is 9.97 Å². The minimum absolute atomic E-state index is 0.121. The van der Waals surface area contributed by atoms with Crippen molar-refractivity contribution in [3.63, 3.8) is 0 Å². The van der Waals surface area contributed by atoms with Crippen molar-refractivity contribution in [3.8, 4) is 0 Å². The van der Waals surface area contributed by atoms with Crippen LogP contribution in [0.4, 0.5) is 0 Å². The van der Waals surface area contributed by atoms with Gasteiger partial charge in [-0.3, -0.25) is 0 Å². The van der Waals surface area contributed by atoms with E-state index in [2.05, 4.69) is 30.7 Å². The van der Waals surface area contributed by atoms with E-state index >= 15 is 0 Å². The molecule has 0 aliphatic heterocycles. The summed E-state index contributed by atoms with van der Waals surface area (Å²) in [6.07, 6.45) is 8.66. The summed E-state index contributed by atoms with van der Waals surface area (Å²) in [6, 6.07) is 1.87. The lowest BCUT2D eigenvalue weighted by molar-refractivity contribution is 0.425. The predicted molar refractivity (Wildman–Crippen MR) is 59.2 cm³/mol. The summed E-state index contributed by atoms with van der Waals surface area (Å²) in [7, 11) is 0. The first-order valence-electron chi connectivity index (χ1n) is 5.44. The van der Waals surface area contributed by atoms with Gasteiger partial charge in [0.2, 0.25) is 0 Å². The standard InChI is InChI=1S/C12H20N2/c1-4-5-6-8-12(2,3)11-13-9-7-10-14-11/h7,9-10H,4-6,8H2,1-3H3. The van der Waals surface area contributed by atoms with Crippen molar-refractivity contribution in [2.24, 2.45) is 0 Å². The van der Waals surface area contributed by atoms with E-state index in [0.29, 0.717) is 0 Å². The number of nitrogens with zero attached hydrogens (tertiary/aromatic N) is 2. The number of rotatable bonds is 5. The monoisotopic (exact) mass is 192 g/mol. The molecule has 0 aliphatic carbocycles. The van der Waals surface area contributed by atoms with E-state index in [-0.39, 0.29) is 5.41 Å². The van der Waals surface area contributed by atoms with Crippen molar-refractivity contribution >= 4 is 0 Å². The predicted octanol–water partition coefficient (Wildman–Crippen LogP) is 3.33. The van der Waals surface area contributed by atoms with Crippen LogP contribution >= 0.6 is 0 Å². The Morgan fingerprint density at radius 2 is 1.79 bits per heavy atom. The molecule has 2 heteroatoms. The molecular weight excluding hydrogens is 172 g/mol. The molecule has 2 nitrogen and oxygen atoms in total. The second-order valence-electron chi connectivity index (χ2n) is 4.41. The minimum atomic E-state index is 0.121. The van der Waals surface area contributed by atoms with Crippen molar-refractivity contribution in [3.05, 3.63) is 24.3 Å². The van der Waals surface area contributed by atoms with E-state index in [4.69, 9.17) is 0 Å². The highest BCUT2D eigenvalue weighted by atomic mass is 14.9. The van der Waals surface area contributed by atoms with Gasteiger partial charge in [0.15, 0.2) is 0 Å². The summed E-state index contributed by atoms with van der Waals surface area (Å²) in [6.45, 7) is 6.67. The van der Waals surface area contributed by atoms with Crippen LogP contribution in [-0.2, 0) is 5.41 Å². The third kappa shape index (κ3) is 3.09. The summed E-state index contributed by atoms with van der Waals surface area (Å²) < 4.78 is 0. The highest BCUT2D eigenvalue weighted by Crippen LogP contribution is 2.25. The molecule has 0 saturated heterocycles. The molecule has 0 fully saturated rings. The summed E-state index contributed by atoms with van der Waals surface area (Å²) in [5.74, 6) is 0.969. The van der Waals surface area contributed by atoms with E-state index in [0.717, 1.165) is 5.82 Å². The molecule has 1 aromatic rings. The summed E-state index contributed by atoms with van der Waals surface area (Å²) in [4.78, 5) is 8.64. The number of aromatic nitrogens is 2. The lowest BCUT2D eigenvalue weighted by atomic mass is 9.86. The third-order valence-electron chi connectivity index (χ3n) is 2.58. The van der Waals surface area contributed by atoms with Crippen LogP contribution in [0.3, 0.4) is 0 Å². The van der Waals surface area contributed by atoms with Crippen LogP contribution in [0.15, 0.2) is 18.5 Å². The molecule has 1 rings (SSSR count). The van der Waals surface area contributed by atoms with E-state index in [1.807, 2.05) is 18.5 Å². The van der Waals surface area contributed by atoms with Crippen LogP contribution in [0.1, 0.15) is 52.3 Å². The first-order chi connectivity index (χ1) is 6.67. The third-order valence-corrected chi connectivity index (χ3v) is 2.58. The second-order valence-corrected chi connectivity index (χ2v) is 4.41. The largest absolute Gasteiger partial charge is 0.241 e. The van der Waals surface area contributed by atoms with Crippen molar-refractivity contribution in [2.45, 2.75) is 51.9 Å². The Balaban J connectivity index is 2.56. The zero-order valence-electron chi connectivity index (χ0n) is 9.45. The summed E-state index contributed by atoms with van der Waals surface area (Å²) in [5.41, 5.74) is 0.121. The van der Waals surface area contributed by atoms with Crippen LogP contribution in [0, 0.1) is 0 Å². The highest BCUT2D eigenvalue weighted by molar-refractivity contribution is 5.03. The molecule has 0 N–H and O–H groups in total. The average molecular weight is 192 g/mol. The first-order valence-corrected chi connectivity index (χ1v) is 5.44. The molecule has 78 valence electrons. The zero-order valence-corrected chi connectivity index (χ0v) is 9.45.